The summed E-state index contributed by atoms with van der Waals surface area (Å²) in [4.78, 5) is 17.3. The van der Waals surface area contributed by atoms with E-state index in [0.717, 1.165) is 11.3 Å². The van der Waals surface area contributed by atoms with E-state index in [9.17, 15) is 13.2 Å². The minimum absolute atomic E-state index is 0.0440. The summed E-state index contributed by atoms with van der Waals surface area (Å²) >= 11 is 0. The first-order chi connectivity index (χ1) is 8.36. The van der Waals surface area contributed by atoms with E-state index in [1.165, 1.54) is 4.90 Å². The summed E-state index contributed by atoms with van der Waals surface area (Å²) in [7, 11) is 1.60. The first kappa shape index (κ1) is 13.3. The quantitative estimate of drug-likeness (QED) is 0.780. The predicted octanol–water partition coefficient (Wildman–Crippen LogP) is 1.06. The van der Waals surface area contributed by atoms with Crippen LogP contribution in [-0.2, 0) is 20.4 Å². The molecule has 0 aliphatic carbocycles. The van der Waals surface area contributed by atoms with Gasteiger partial charge in [-0.25, -0.2) is 8.42 Å². The van der Waals surface area contributed by atoms with Crippen molar-refractivity contribution in [1.29, 1.82) is 0 Å². The molecule has 0 saturated carbocycles. The van der Waals surface area contributed by atoms with Crippen molar-refractivity contribution in [2.75, 3.05) is 6.54 Å². The Labute approximate surface area is 110 Å². The van der Waals surface area contributed by atoms with Gasteiger partial charge in [-0.15, -0.1) is 0 Å². The minimum Gasteiger partial charge on any atom is -0.335 e. The Morgan fingerprint density at radius 3 is 2.83 bits per heavy atom. The maximum Gasteiger partial charge on any atom is 0.237 e. The molecule has 1 aromatic heterocycles. The van der Waals surface area contributed by atoms with Crippen LogP contribution < -0.4 is 0 Å². The molecule has 5 nitrogen and oxygen atoms in total. The summed E-state index contributed by atoms with van der Waals surface area (Å²) in [5.41, 5.74) is 1.80. The Bertz CT molecular complexity index is 573. The second kappa shape index (κ2) is 4.85. The molecule has 0 bridgehead atoms. The summed E-state index contributed by atoms with van der Waals surface area (Å²) in [6.07, 6.45) is 1.62. The van der Waals surface area contributed by atoms with Gasteiger partial charge in [-0.05, 0) is 24.6 Å². The van der Waals surface area contributed by atoms with Crippen molar-refractivity contribution < 1.29 is 13.2 Å². The maximum absolute atomic E-state index is 11.7. The standard InChI is InChI=1S/C11H13ClN2O3S/c1-8-2-3-13-9(4-8)6-14-7-10(5-11(14)15)18(12,16)17/h2-4,10H,5-7H2,1H3. The minimum atomic E-state index is -3.68. The molecule has 2 rings (SSSR count). The summed E-state index contributed by atoms with van der Waals surface area (Å²) < 4.78 is 22.4. The van der Waals surface area contributed by atoms with Gasteiger partial charge in [-0.1, -0.05) is 0 Å². The lowest BCUT2D eigenvalue weighted by Crippen LogP contribution is -2.27. The zero-order chi connectivity index (χ0) is 13.3. The van der Waals surface area contributed by atoms with Crippen LogP contribution in [0.5, 0.6) is 0 Å². The zero-order valence-corrected chi connectivity index (χ0v) is 11.4. The van der Waals surface area contributed by atoms with Crippen LogP contribution in [-0.4, -0.2) is 36.0 Å². The predicted molar refractivity (Wildman–Crippen MR) is 67.6 cm³/mol. The Balaban J connectivity index is 2.10. The Morgan fingerprint density at radius 1 is 1.56 bits per heavy atom. The molecule has 0 spiro atoms. The number of rotatable bonds is 3. The molecule has 1 aliphatic rings. The van der Waals surface area contributed by atoms with Crippen LogP contribution in [0, 0.1) is 6.92 Å². The van der Waals surface area contributed by atoms with Crippen LogP contribution in [0.2, 0.25) is 0 Å². The van der Waals surface area contributed by atoms with Crippen molar-refractivity contribution in [2.24, 2.45) is 0 Å². The smallest absolute Gasteiger partial charge is 0.237 e. The van der Waals surface area contributed by atoms with Crippen molar-refractivity contribution in [3.63, 3.8) is 0 Å². The number of nitrogens with zero attached hydrogens (tertiary/aromatic N) is 2. The Kier molecular flexibility index (Phi) is 3.59. The first-order valence-electron chi connectivity index (χ1n) is 5.49. The van der Waals surface area contributed by atoms with E-state index in [2.05, 4.69) is 4.98 Å². The zero-order valence-electron chi connectivity index (χ0n) is 9.84. The van der Waals surface area contributed by atoms with Crippen molar-refractivity contribution in [2.45, 2.75) is 25.1 Å². The maximum atomic E-state index is 11.7. The number of aryl methyl sites for hydroxylation is 1. The fourth-order valence-electron chi connectivity index (χ4n) is 1.96. The number of carbonyl (C=O) groups is 1. The number of hydrogen-bond donors (Lipinski definition) is 0. The van der Waals surface area contributed by atoms with Gasteiger partial charge in [0.1, 0.15) is 5.25 Å². The molecular formula is C11H13ClN2O3S. The third-order valence-corrected chi connectivity index (χ3v) is 4.77. The molecule has 1 amide bonds. The number of pyridine rings is 1. The summed E-state index contributed by atoms with van der Waals surface area (Å²) in [5, 5.41) is -0.809. The van der Waals surface area contributed by atoms with Crippen molar-refractivity contribution >= 4 is 25.6 Å². The molecule has 1 aliphatic heterocycles. The van der Waals surface area contributed by atoms with Crippen molar-refractivity contribution in [3.05, 3.63) is 29.6 Å². The fraction of sp³-hybridized carbons (Fsp3) is 0.455. The molecule has 7 heteroatoms. The van der Waals surface area contributed by atoms with E-state index in [-0.39, 0.29) is 18.9 Å². The number of amides is 1. The van der Waals surface area contributed by atoms with Crippen LogP contribution in [0.1, 0.15) is 17.7 Å². The van der Waals surface area contributed by atoms with Crippen LogP contribution in [0.15, 0.2) is 18.3 Å². The molecule has 1 aromatic rings. The third-order valence-electron chi connectivity index (χ3n) is 2.90. The summed E-state index contributed by atoms with van der Waals surface area (Å²) in [6, 6.07) is 3.73. The molecule has 18 heavy (non-hydrogen) atoms. The number of aromatic nitrogens is 1. The van der Waals surface area contributed by atoms with E-state index in [1.807, 2.05) is 19.1 Å². The molecule has 0 N–H and O–H groups in total. The van der Waals surface area contributed by atoms with E-state index in [0.29, 0.717) is 6.54 Å². The molecule has 1 fully saturated rings. The molecular weight excluding hydrogens is 276 g/mol. The van der Waals surface area contributed by atoms with Crippen LogP contribution in [0.3, 0.4) is 0 Å². The van der Waals surface area contributed by atoms with Gasteiger partial charge in [0.05, 0.1) is 12.2 Å². The van der Waals surface area contributed by atoms with Crippen molar-refractivity contribution in [1.82, 2.24) is 9.88 Å². The SMILES string of the molecule is Cc1ccnc(CN2CC(S(=O)(=O)Cl)CC2=O)c1. The molecule has 1 unspecified atom stereocenters. The highest BCUT2D eigenvalue weighted by molar-refractivity contribution is 8.14. The summed E-state index contributed by atoms with van der Waals surface area (Å²) in [5.74, 6) is -0.201. The van der Waals surface area contributed by atoms with E-state index in [1.54, 1.807) is 6.20 Å². The first-order valence-corrected chi connectivity index (χ1v) is 7.86. The van der Waals surface area contributed by atoms with Gasteiger partial charge in [0, 0.05) is 29.8 Å². The van der Waals surface area contributed by atoms with E-state index >= 15 is 0 Å². The molecule has 0 aromatic carbocycles. The van der Waals surface area contributed by atoms with Crippen LogP contribution >= 0.6 is 10.7 Å². The second-order valence-corrected chi connectivity index (χ2v) is 7.31. The Morgan fingerprint density at radius 2 is 2.28 bits per heavy atom. The van der Waals surface area contributed by atoms with E-state index in [4.69, 9.17) is 10.7 Å². The van der Waals surface area contributed by atoms with Gasteiger partial charge in [-0.3, -0.25) is 9.78 Å². The van der Waals surface area contributed by atoms with E-state index < -0.39 is 14.3 Å². The van der Waals surface area contributed by atoms with Gasteiger partial charge >= 0.3 is 0 Å². The molecule has 0 radical (unpaired) electrons. The number of hydrogen-bond acceptors (Lipinski definition) is 4. The fourth-order valence-corrected chi connectivity index (χ4v) is 3.02. The van der Waals surface area contributed by atoms with Gasteiger partial charge in [0.2, 0.25) is 15.0 Å². The van der Waals surface area contributed by atoms with Gasteiger partial charge in [0.15, 0.2) is 0 Å². The van der Waals surface area contributed by atoms with Crippen LogP contribution in [0.25, 0.3) is 0 Å². The lowest BCUT2D eigenvalue weighted by atomic mass is 10.2. The van der Waals surface area contributed by atoms with Gasteiger partial charge < -0.3 is 4.90 Å². The van der Waals surface area contributed by atoms with Gasteiger partial charge in [-0.2, -0.15) is 0 Å². The topological polar surface area (TPSA) is 67.3 Å². The molecule has 1 atom stereocenters. The number of halogens is 1. The largest absolute Gasteiger partial charge is 0.335 e. The van der Waals surface area contributed by atoms with Crippen molar-refractivity contribution in [3.8, 4) is 0 Å². The molecule has 1 saturated heterocycles. The molecule has 2 heterocycles. The normalized spacial score (nSPS) is 20.4. The highest BCUT2D eigenvalue weighted by Gasteiger charge is 2.37. The highest BCUT2D eigenvalue weighted by Crippen LogP contribution is 2.22. The number of likely N-dealkylation sites (tertiary alicyclic amines) is 1. The van der Waals surface area contributed by atoms with Crippen LogP contribution in [0.4, 0.5) is 0 Å². The Hall–Kier alpha value is -1.14. The molecule has 98 valence electrons. The lowest BCUT2D eigenvalue weighted by Gasteiger charge is -2.15. The lowest BCUT2D eigenvalue weighted by molar-refractivity contribution is -0.128. The monoisotopic (exact) mass is 288 g/mol. The van der Waals surface area contributed by atoms with Gasteiger partial charge in [0.25, 0.3) is 0 Å². The second-order valence-electron chi connectivity index (χ2n) is 4.40. The summed E-state index contributed by atoms with van der Waals surface area (Å²) in [6.45, 7) is 2.40. The highest BCUT2D eigenvalue weighted by atomic mass is 35.7. The average molecular weight is 289 g/mol. The average Bonchev–Trinajstić information content (AvgIpc) is 2.60. The number of carbonyl (C=O) groups excluding carboxylic acids is 1. The third kappa shape index (κ3) is 3.00.